The van der Waals surface area contributed by atoms with Gasteiger partial charge in [0.05, 0.1) is 4.88 Å². The number of benzene rings is 1. The van der Waals surface area contributed by atoms with E-state index < -0.39 is 0 Å². The van der Waals surface area contributed by atoms with Crippen LogP contribution in [0.2, 0.25) is 0 Å². The van der Waals surface area contributed by atoms with Crippen molar-refractivity contribution in [1.29, 1.82) is 0 Å². The summed E-state index contributed by atoms with van der Waals surface area (Å²) >= 11 is 6.48. The van der Waals surface area contributed by atoms with Crippen LogP contribution in [-0.4, -0.2) is 21.9 Å². The van der Waals surface area contributed by atoms with E-state index in [4.69, 9.17) is 12.2 Å². The van der Waals surface area contributed by atoms with Crippen LogP contribution >= 0.6 is 23.6 Å². The van der Waals surface area contributed by atoms with Crippen LogP contribution in [0.4, 0.5) is 5.69 Å². The average molecular weight is 396 g/mol. The molecule has 0 fully saturated rings. The molecule has 136 valence electrons. The number of thiophene rings is 1. The van der Waals surface area contributed by atoms with Gasteiger partial charge in [-0.1, -0.05) is 12.1 Å². The third-order valence-electron chi connectivity index (χ3n) is 3.55. The van der Waals surface area contributed by atoms with Crippen molar-refractivity contribution in [3.8, 4) is 0 Å². The van der Waals surface area contributed by atoms with E-state index in [1.54, 1.807) is 48.8 Å². The summed E-state index contributed by atoms with van der Waals surface area (Å²) in [6.45, 7) is 0.408. The van der Waals surface area contributed by atoms with Crippen molar-refractivity contribution in [2.75, 3.05) is 5.32 Å². The number of pyridine rings is 1. The van der Waals surface area contributed by atoms with Crippen molar-refractivity contribution < 1.29 is 9.59 Å². The minimum Gasteiger partial charge on any atom is -0.348 e. The summed E-state index contributed by atoms with van der Waals surface area (Å²) in [6, 6.07) is 14.1. The van der Waals surface area contributed by atoms with Crippen LogP contribution in [0.3, 0.4) is 0 Å². The summed E-state index contributed by atoms with van der Waals surface area (Å²) in [5.74, 6) is -0.437. The normalized spacial score (nSPS) is 10.1. The Balaban J connectivity index is 1.51. The molecular formula is C19H16N4O2S2. The molecule has 3 aromatic rings. The molecule has 0 saturated carbocycles. The van der Waals surface area contributed by atoms with Crippen LogP contribution in [0.25, 0.3) is 0 Å². The van der Waals surface area contributed by atoms with Gasteiger partial charge in [0, 0.05) is 30.2 Å². The molecular weight excluding hydrogens is 380 g/mol. The predicted molar refractivity (Wildman–Crippen MR) is 110 cm³/mol. The van der Waals surface area contributed by atoms with Crippen molar-refractivity contribution in [2.24, 2.45) is 0 Å². The monoisotopic (exact) mass is 396 g/mol. The van der Waals surface area contributed by atoms with E-state index in [0.29, 0.717) is 22.7 Å². The third-order valence-corrected chi connectivity index (χ3v) is 4.63. The number of hydrogen-bond acceptors (Lipinski definition) is 5. The summed E-state index contributed by atoms with van der Waals surface area (Å²) in [5, 5.41) is 10.4. The number of aromatic nitrogens is 1. The fourth-order valence-corrected chi connectivity index (χ4v) is 3.06. The zero-order chi connectivity index (χ0) is 19.1. The number of anilines is 1. The van der Waals surface area contributed by atoms with E-state index in [2.05, 4.69) is 20.9 Å². The van der Waals surface area contributed by atoms with Gasteiger partial charge in [-0.2, -0.15) is 0 Å². The standard InChI is InChI=1S/C19H16N4O2S2/c24-17(21-12-13-3-1-9-20-11-13)14-5-7-15(8-6-14)22-19(26)23-18(25)16-4-2-10-27-16/h1-11H,12H2,(H,21,24)(H2,22,23,25,26). The molecule has 3 N–H and O–H groups in total. The van der Waals surface area contributed by atoms with Crippen molar-refractivity contribution in [2.45, 2.75) is 6.54 Å². The topological polar surface area (TPSA) is 83.1 Å². The molecule has 0 unspecified atom stereocenters. The lowest BCUT2D eigenvalue weighted by Crippen LogP contribution is -2.33. The van der Waals surface area contributed by atoms with Crippen LogP contribution in [0, 0.1) is 0 Å². The summed E-state index contributed by atoms with van der Waals surface area (Å²) < 4.78 is 0. The second kappa shape index (κ2) is 9.02. The molecule has 0 saturated heterocycles. The lowest BCUT2D eigenvalue weighted by atomic mass is 10.2. The van der Waals surface area contributed by atoms with Crippen LogP contribution < -0.4 is 16.0 Å². The second-order valence-electron chi connectivity index (χ2n) is 5.51. The lowest BCUT2D eigenvalue weighted by Gasteiger charge is -2.10. The molecule has 0 bridgehead atoms. The molecule has 0 spiro atoms. The number of thiocarbonyl (C=S) groups is 1. The molecule has 0 aliphatic heterocycles. The zero-order valence-corrected chi connectivity index (χ0v) is 15.8. The van der Waals surface area contributed by atoms with E-state index in [0.717, 1.165) is 5.56 Å². The van der Waals surface area contributed by atoms with E-state index in [1.807, 2.05) is 17.5 Å². The molecule has 3 rings (SSSR count). The summed E-state index contributed by atoms with van der Waals surface area (Å²) in [6.07, 6.45) is 3.39. The Kier molecular flexibility index (Phi) is 6.24. The average Bonchev–Trinajstić information content (AvgIpc) is 3.22. The Morgan fingerprint density at radius 2 is 1.85 bits per heavy atom. The minimum atomic E-state index is -0.256. The number of carbonyl (C=O) groups is 2. The van der Waals surface area contributed by atoms with Gasteiger partial charge in [0.2, 0.25) is 0 Å². The minimum absolute atomic E-state index is 0.182. The summed E-state index contributed by atoms with van der Waals surface area (Å²) in [7, 11) is 0. The highest BCUT2D eigenvalue weighted by Crippen LogP contribution is 2.11. The molecule has 0 aliphatic carbocycles. The SMILES string of the molecule is O=C(NCc1cccnc1)c1ccc(NC(=S)NC(=O)c2cccs2)cc1. The molecule has 1 aromatic carbocycles. The molecule has 0 atom stereocenters. The summed E-state index contributed by atoms with van der Waals surface area (Å²) in [5.41, 5.74) is 2.13. The molecule has 8 heteroatoms. The number of hydrogen-bond donors (Lipinski definition) is 3. The van der Waals surface area contributed by atoms with Crippen molar-refractivity contribution in [3.05, 3.63) is 82.3 Å². The Hall–Kier alpha value is -3.10. The number of nitrogens with one attached hydrogen (secondary N) is 3. The number of amides is 2. The first-order valence-electron chi connectivity index (χ1n) is 8.05. The van der Waals surface area contributed by atoms with E-state index >= 15 is 0 Å². The summed E-state index contributed by atoms with van der Waals surface area (Å²) in [4.78, 5) is 28.7. The van der Waals surface area contributed by atoms with Gasteiger partial charge in [-0.05, 0) is 59.6 Å². The van der Waals surface area contributed by atoms with Crippen molar-refractivity contribution >= 4 is 46.2 Å². The molecule has 2 heterocycles. The molecule has 0 aliphatic rings. The van der Waals surface area contributed by atoms with Crippen molar-refractivity contribution in [3.63, 3.8) is 0 Å². The smallest absolute Gasteiger partial charge is 0.267 e. The van der Waals surface area contributed by atoms with Crippen LogP contribution in [0.15, 0.2) is 66.3 Å². The maximum atomic E-state index is 12.2. The maximum Gasteiger partial charge on any atom is 0.267 e. The number of rotatable bonds is 5. The highest BCUT2D eigenvalue weighted by atomic mass is 32.1. The fourth-order valence-electron chi connectivity index (χ4n) is 2.23. The molecule has 2 amide bonds. The fraction of sp³-hybridized carbons (Fsp3) is 0.0526. The Bertz CT molecular complexity index is 926. The predicted octanol–water partition coefficient (Wildman–Crippen LogP) is 3.20. The largest absolute Gasteiger partial charge is 0.348 e. The van der Waals surface area contributed by atoms with Crippen LogP contribution in [0.1, 0.15) is 25.6 Å². The van der Waals surface area contributed by atoms with Crippen LogP contribution in [0.5, 0.6) is 0 Å². The zero-order valence-electron chi connectivity index (χ0n) is 14.1. The van der Waals surface area contributed by atoms with Gasteiger partial charge < -0.3 is 10.6 Å². The van der Waals surface area contributed by atoms with E-state index in [-0.39, 0.29) is 16.9 Å². The number of nitrogens with zero attached hydrogens (tertiary/aromatic N) is 1. The maximum absolute atomic E-state index is 12.2. The van der Waals surface area contributed by atoms with Gasteiger partial charge in [0.25, 0.3) is 11.8 Å². The van der Waals surface area contributed by atoms with Gasteiger partial charge in [-0.15, -0.1) is 11.3 Å². The third kappa shape index (κ3) is 5.44. The van der Waals surface area contributed by atoms with Gasteiger partial charge in [-0.3, -0.25) is 19.9 Å². The first-order chi connectivity index (χ1) is 13.1. The molecule has 0 radical (unpaired) electrons. The Morgan fingerprint density at radius 1 is 1.04 bits per heavy atom. The lowest BCUT2D eigenvalue weighted by molar-refractivity contribution is 0.0949. The molecule has 27 heavy (non-hydrogen) atoms. The van der Waals surface area contributed by atoms with E-state index in [9.17, 15) is 9.59 Å². The van der Waals surface area contributed by atoms with Gasteiger partial charge in [0.1, 0.15) is 0 Å². The van der Waals surface area contributed by atoms with Crippen LogP contribution in [-0.2, 0) is 6.54 Å². The Labute approximate surface area is 165 Å². The first kappa shape index (κ1) is 18.7. The number of carbonyl (C=O) groups excluding carboxylic acids is 2. The quantitative estimate of drug-likeness (QED) is 0.577. The highest BCUT2D eigenvalue weighted by Gasteiger charge is 2.09. The van der Waals surface area contributed by atoms with Crippen molar-refractivity contribution in [1.82, 2.24) is 15.6 Å². The van der Waals surface area contributed by atoms with Gasteiger partial charge in [0.15, 0.2) is 5.11 Å². The van der Waals surface area contributed by atoms with Gasteiger partial charge in [-0.25, -0.2) is 0 Å². The molecule has 2 aromatic heterocycles. The first-order valence-corrected chi connectivity index (χ1v) is 9.33. The Morgan fingerprint density at radius 3 is 2.52 bits per heavy atom. The second-order valence-corrected chi connectivity index (χ2v) is 6.86. The molecule has 6 nitrogen and oxygen atoms in total. The highest BCUT2D eigenvalue weighted by molar-refractivity contribution is 7.80. The van der Waals surface area contributed by atoms with E-state index in [1.165, 1.54) is 11.3 Å². The van der Waals surface area contributed by atoms with Gasteiger partial charge >= 0.3 is 0 Å².